The molecule has 1 unspecified atom stereocenters. The highest BCUT2D eigenvalue weighted by Gasteiger charge is 2.24. The Morgan fingerprint density at radius 1 is 1.30 bits per heavy atom. The van der Waals surface area contributed by atoms with E-state index in [4.69, 9.17) is 5.73 Å². The lowest BCUT2D eigenvalue weighted by molar-refractivity contribution is -0.135. The molecule has 20 heavy (non-hydrogen) atoms. The molecule has 0 radical (unpaired) electrons. The number of pyridine rings is 1. The van der Waals surface area contributed by atoms with Crippen molar-refractivity contribution >= 4 is 5.91 Å². The number of carbonyl (C=O) groups excluding carboxylic acids is 1. The molecule has 1 aliphatic heterocycles. The molecule has 0 saturated carbocycles. The lowest BCUT2D eigenvalue weighted by Gasteiger charge is -2.25. The van der Waals surface area contributed by atoms with Crippen molar-refractivity contribution in [2.75, 3.05) is 19.6 Å². The van der Waals surface area contributed by atoms with Gasteiger partial charge in [0.1, 0.15) is 0 Å². The van der Waals surface area contributed by atoms with Crippen LogP contribution in [-0.4, -0.2) is 35.4 Å². The molecule has 0 aliphatic carbocycles. The first-order valence-corrected chi connectivity index (χ1v) is 7.61. The van der Waals surface area contributed by atoms with E-state index in [0.29, 0.717) is 13.0 Å². The van der Waals surface area contributed by atoms with Gasteiger partial charge in [-0.05, 0) is 37.8 Å². The average Bonchev–Trinajstić information content (AvgIpc) is 2.75. The number of aryl methyl sites for hydroxylation is 1. The highest BCUT2D eigenvalue weighted by atomic mass is 16.2. The van der Waals surface area contributed by atoms with Crippen LogP contribution in [0.3, 0.4) is 0 Å². The van der Waals surface area contributed by atoms with Crippen LogP contribution in [-0.2, 0) is 11.2 Å². The maximum absolute atomic E-state index is 12.6. The van der Waals surface area contributed by atoms with Crippen LogP contribution in [0.15, 0.2) is 18.3 Å². The number of amides is 1. The lowest BCUT2D eigenvalue weighted by atomic mass is 9.98. The fraction of sp³-hybridized carbons (Fsp3) is 0.625. The van der Waals surface area contributed by atoms with Crippen molar-refractivity contribution in [3.8, 4) is 0 Å². The van der Waals surface area contributed by atoms with E-state index in [1.54, 1.807) is 0 Å². The van der Waals surface area contributed by atoms with Crippen molar-refractivity contribution in [3.05, 3.63) is 29.6 Å². The van der Waals surface area contributed by atoms with Crippen molar-refractivity contribution in [2.45, 2.75) is 39.0 Å². The highest BCUT2D eigenvalue weighted by molar-refractivity contribution is 5.79. The van der Waals surface area contributed by atoms with Crippen LogP contribution in [0.5, 0.6) is 0 Å². The molecule has 1 saturated heterocycles. The summed E-state index contributed by atoms with van der Waals surface area (Å²) >= 11 is 0. The van der Waals surface area contributed by atoms with Gasteiger partial charge in [0.25, 0.3) is 0 Å². The number of hydrogen-bond acceptors (Lipinski definition) is 3. The molecule has 1 aliphatic rings. The third-order valence-electron chi connectivity index (χ3n) is 4.01. The summed E-state index contributed by atoms with van der Waals surface area (Å²) < 4.78 is 0. The molecule has 1 aromatic rings. The zero-order chi connectivity index (χ0) is 14.4. The summed E-state index contributed by atoms with van der Waals surface area (Å²) in [7, 11) is 0. The van der Waals surface area contributed by atoms with Gasteiger partial charge in [-0.15, -0.1) is 0 Å². The van der Waals surface area contributed by atoms with Gasteiger partial charge >= 0.3 is 0 Å². The Bertz CT molecular complexity index is 422. The van der Waals surface area contributed by atoms with Crippen LogP contribution in [0.25, 0.3) is 0 Å². The second kappa shape index (κ2) is 7.39. The van der Waals surface area contributed by atoms with Crippen molar-refractivity contribution in [1.82, 2.24) is 9.88 Å². The van der Waals surface area contributed by atoms with Gasteiger partial charge in [0.15, 0.2) is 0 Å². The summed E-state index contributed by atoms with van der Waals surface area (Å²) in [4.78, 5) is 18.9. The standard InChI is InChI=1S/C16H25N3O/c1-13-6-7-14(12-18-13)10-15(11-17)16(20)19-8-4-2-3-5-9-19/h6-7,12,15H,2-5,8-11,17H2,1H3. The Labute approximate surface area is 121 Å². The van der Waals surface area contributed by atoms with E-state index in [9.17, 15) is 4.79 Å². The Morgan fingerprint density at radius 3 is 2.55 bits per heavy atom. The second-order valence-electron chi connectivity index (χ2n) is 5.68. The summed E-state index contributed by atoms with van der Waals surface area (Å²) in [6.07, 6.45) is 7.26. The minimum Gasteiger partial charge on any atom is -0.342 e. The first kappa shape index (κ1) is 15.0. The first-order chi connectivity index (χ1) is 9.70. The van der Waals surface area contributed by atoms with Crippen LogP contribution in [0, 0.1) is 12.8 Å². The Hall–Kier alpha value is -1.42. The summed E-state index contributed by atoms with van der Waals surface area (Å²) in [5.74, 6) is 0.104. The third kappa shape index (κ3) is 4.04. The lowest BCUT2D eigenvalue weighted by Crippen LogP contribution is -2.40. The molecular formula is C16H25N3O. The zero-order valence-corrected chi connectivity index (χ0v) is 12.3. The average molecular weight is 275 g/mol. The van der Waals surface area contributed by atoms with Crippen LogP contribution in [0.1, 0.15) is 36.9 Å². The van der Waals surface area contributed by atoms with Gasteiger partial charge in [0.05, 0.1) is 5.92 Å². The predicted molar refractivity (Wildman–Crippen MR) is 80.3 cm³/mol. The monoisotopic (exact) mass is 275 g/mol. The molecule has 1 amide bonds. The number of likely N-dealkylation sites (tertiary alicyclic amines) is 1. The van der Waals surface area contributed by atoms with Gasteiger partial charge in [-0.1, -0.05) is 18.9 Å². The zero-order valence-electron chi connectivity index (χ0n) is 12.3. The van der Waals surface area contributed by atoms with Gasteiger partial charge < -0.3 is 10.6 Å². The van der Waals surface area contributed by atoms with Crippen LogP contribution < -0.4 is 5.73 Å². The number of rotatable bonds is 4. The third-order valence-corrected chi connectivity index (χ3v) is 4.01. The van der Waals surface area contributed by atoms with Crippen LogP contribution in [0.4, 0.5) is 0 Å². The number of nitrogens with zero attached hydrogens (tertiary/aromatic N) is 2. The Kier molecular flexibility index (Phi) is 5.53. The Morgan fingerprint density at radius 2 is 2.00 bits per heavy atom. The van der Waals surface area contributed by atoms with E-state index in [2.05, 4.69) is 4.98 Å². The molecule has 110 valence electrons. The van der Waals surface area contributed by atoms with E-state index in [1.165, 1.54) is 12.8 Å². The molecule has 0 bridgehead atoms. The second-order valence-corrected chi connectivity index (χ2v) is 5.68. The summed E-state index contributed by atoms with van der Waals surface area (Å²) in [6, 6.07) is 4.03. The van der Waals surface area contributed by atoms with Crippen LogP contribution >= 0.6 is 0 Å². The molecular weight excluding hydrogens is 250 g/mol. The van der Waals surface area contributed by atoms with Crippen molar-refractivity contribution in [1.29, 1.82) is 0 Å². The maximum atomic E-state index is 12.6. The number of aromatic nitrogens is 1. The maximum Gasteiger partial charge on any atom is 0.227 e. The van der Waals surface area contributed by atoms with Gasteiger partial charge in [0.2, 0.25) is 5.91 Å². The fourth-order valence-electron chi connectivity index (χ4n) is 2.72. The molecule has 2 heterocycles. The number of hydrogen-bond donors (Lipinski definition) is 1. The SMILES string of the molecule is Cc1ccc(CC(CN)C(=O)N2CCCCCC2)cn1. The molecule has 0 spiro atoms. The largest absolute Gasteiger partial charge is 0.342 e. The van der Waals surface area contributed by atoms with E-state index < -0.39 is 0 Å². The van der Waals surface area contributed by atoms with Crippen molar-refractivity contribution in [3.63, 3.8) is 0 Å². The van der Waals surface area contributed by atoms with Crippen molar-refractivity contribution in [2.24, 2.45) is 11.7 Å². The molecule has 1 aromatic heterocycles. The van der Waals surface area contributed by atoms with E-state index in [-0.39, 0.29) is 11.8 Å². The van der Waals surface area contributed by atoms with Crippen LogP contribution in [0.2, 0.25) is 0 Å². The summed E-state index contributed by atoms with van der Waals surface area (Å²) in [5.41, 5.74) is 7.92. The van der Waals surface area contributed by atoms with Gasteiger partial charge in [-0.3, -0.25) is 9.78 Å². The summed E-state index contributed by atoms with van der Waals surface area (Å²) in [5, 5.41) is 0. The number of carbonyl (C=O) groups is 1. The van der Waals surface area contributed by atoms with Gasteiger partial charge in [0, 0.05) is 31.5 Å². The quantitative estimate of drug-likeness (QED) is 0.913. The normalized spacial score (nSPS) is 17.6. The Balaban J connectivity index is 1.99. The smallest absolute Gasteiger partial charge is 0.227 e. The molecule has 1 fully saturated rings. The summed E-state index contributed by atoms with van der Waals surface area (Å²) in [6.45, 7) is 4.15. The molecule has 2 rings (SSSR count). The molecule has 0 aromatic carbocycles. The van der Waals surface area contributed by atoms with E-state index in [1.807, 2.05) is 30.2 Å². The number of nitrogens with two attached hydrogens (primary N) is 1. The van der Waals surface area contributed by atoms with E-state index in [0.717, 1.165) is 37.2 Å². The van der Waals surface area contributed by atoms with Gasteiger partial charge in [-0.25, -0.2) is 0 Å². The molecule has 1 atom stereocenters. The first-order valence-electron chi connectivity index (χ1n) is 7.61. The predicted octanol–water partition coefficient (Wildman–Crippen LogP) is 1.91. The molecule has 4 heteroatoms. The van der Waals surface area contributed by atoms with Crippen molar-refractivity contribution < 1.29 is 4.79 Å². The van der Waals surface area contributed by atoms with Gasteiger partial charge in [-0.2, -0.15) is 0 Å². The van der Waals surface area contributed by atoms with E-state index >= 15 is 0 Å². The topological polar surface area (TPSA) is 59.2 Å². The molecule has 2 N–H and O–H groups in total. The fourth-order valence-corrected chi connectivity index (χ4v) is 2.72. The highest BCUT2D eigenvalue weighted by Crippen LogP contribution is 2.15. The minimum absolute atomic E-state index is 0.113. The minimum atomic E-state index is -0.113. The molecule has 4 nitrogen and oxygen atoms in total.